The summed E-state index contributed by atoms with van der Waals surface area (Å²) in [4.78, 5) is 15.8. The highest BCUT2D eigenvalue weighted by atomic mass is 35.5. The number of carbonyl (C=O) groups excluding carboxylic acids is 1. The summed E-state index contributed by atoms with van der Waals surface area (Å²) in [6.07, 6.45) is 2.49. The van der Waals surface area contributed by atoms with Crippen LogP contribution in [0.5, 0.6) is 0 Å². The maximum absolute atomic E-state index is 13.1. The van der Waals surface area contributed by atoms with Gasteiger partial charge in [-0.05, 0) is 24.5 Å². The van der Waals surface area contributed by atoms with Crippen molar-refractivity contribution in [1.29, 1.82) is 0 Å². The topological polar surface area (TPSA) is 68.0 Å². The van der Waals surface area contributed by atoms with Gasteiger partial charge in [0.2, 0.25) is 5.91 Å². The summed E-state index contributed by atoms with van der Waals surface area (Å²) in [6, 6.07) is 1.44. The molecule has 21 heavy (non-hydrogen) atoms. The molecule has 3 N–H and O–H groups in total. The van der Waals surface area contributed by atoms with Gasteiger partial charge in [0.25, 0.3) is 0 Å². The molecule has 0 aliphatic carbocycles. The second-order valence-electron chi connectivity index (χ2n) is 4.13. The average molecular weight is 354 g/mol. The molecule has 1 heterocycles. The van der Waals surface area contributed by atoms with Gasteiger partial charge >= 0.3 is 0 Å². The van der Waals surface area contributed by atoms with Crippen molar-refractivity contribution in [3.8, 4) is 0 Å². The highest BCUT2D eigenvalue weighted by molar-refractivity contribution is 7.98. The monoisotopic (exact) mass is 353 g/mol. The van der Waals surface area contributed by atoms with E-state index >= 15 is 0 Å². The Morgan fingerprint density at radius 3 is 2.81 bits per heavy atom. The minimum atomic E-state index is -0.961. The Labute approximate surface area is 134 Å². The zero-order valence-corrected chi connectivity index (χ0v) is 13.5. The predicted molar refractivity (Wildman–Crippen MR) is 86.4 cm³/mol. The fraction of sp³-hybridized carbons (Fsp3) is 0.333. The van der Waals surface area contributed by atoms with Crippen LogP contribution in [0.25, 0.3) is 10.2 Å². The lowest BCUT2D eigenvalue weighted by molar-refractivity contribution is -0.117. The molecule has 116 valence electrons. The molecule has 1 aromatic heterocycles. The summed E-state index contributed by atoms with van der Waals surface area (Å²) in [7, 11) is 0. The number of carbonyl (C=O) groups is 1. The number of aromatic nitrogens is 1. The predicted octanol–water partition coefficient (Wildman–Crippen LogP) is 3.02. The number of amides is 1. The number of benzene rings is 1. The van der Waals surface area contributed by atoms with Crippen molar-refractivity contribution in [3.63, 3.8) is 0 Å². The molecule has 0 fully saturated rings. The molecule has 1 amide bonds. The average Bonchev–Trinajstić information content (AvgIpc) is 2.77. The Kier molecular flexibility index (Phi) is 6.79. The van der Waals surface area contributed by atoms with Crippen LogP contribution in [0.1, 0.15) is 6.42 Å². The number of thioether (sulfide) groups is 1. The molecule has 0 saturated carbocycles. The lowest BCUT2D eigenvalue weighted by Crippen LogP contribution is -2.36. The van der Waals surface area contributed by atoms with E-state index in [1.54, 1.807) is 11.8 Å². The molecule has 1 unspecified atom stereocenters. The van der Waals surface area contributed by atoms with Gasteiger partial charge < -0.3 is 11.1 Å². The zero-order valence-electron chi connectivity index (χ0n) is 11.1. The van der Waals surface area contributed by atoms with Crippen LogP contribution in [0.4, 0.5) is 13.9 Å². The summed E-state index contributed by atoms with van der Waals surface area (Å²) >= 11 is 2.68. The van der Waals surface area contributed by atoms with Gasteiger partial charge in [0.1, 0.15) is 0 Å². The van der Waals surface area contributed by atoms with Gasteiger partial charge in [0.05, 0.1) is 16.3 Å². The van der Waals surface area contributed by atoms with Crippen molar-refractivity contribution in [3.05, 3.63) is 23.8 Å². The lowest BCUT2D eigenvalue weighted by atomic mass is 10.2. The zero-order chi connectivity index (χ0) is 14.7. The number of anilines is 1. The molecule has 4 nitrogen and oxygen atoms in total. The molecule has 2 aromatic rings. The number of nitrogens with one attached hydrogen (secondary N) is 1. The first-order valence-corrected chi connectivity index (χ1v) is 8.03. The number of rotatable bonds is 5. The number of nitrogens with two attached hydrogens (primary N) is 1. The van der Waals surface area contributed by atoms with E-state index < -0.39 is 17.7 Å². The highest BCUT2D eigenvalue weighted by Crippen LogP contribution is 2.27. The molecule has 1 atom stereocenters. The van der Waals surface area contributed by atoms with Gasteiger partial charge in [-0.3, -0.25) is 4.79 Å². The summed E-state index contributed by atoms with van der Waals surface area (Å²) in [6.45, 7) is 0. The summed E-state index contributed by atoms with van der Waals surface area (Å²) in [5, 5.41) is 2.85. The Morgan fingerprint density at radius 1 is 1.48 bits per heavy atom. The highest BCUT2D eigenvalue weighted by Gasteiger charge is 2.16. The number of hydrogen-bond donors (Lipinski definition) is 2. The Morgan fingerprint density at radius 2 is 2.14 bits per heavy atom. The smallest absolute Gasteiger partial charge is 0.243 e. The standard InChI is InChI=1S/C12H13F2N3OS2.ClH/c1-19-3-2-8(15)11(18)17-12-16-9-4-6(13)7(14)5-10(9)20-12;/h4-5,8H,2-3,15H2,1H3,(H,16,17,18);1H. The molecule has 0 saturated heterocycles. The summed E-state index contributed by atoms with van der Waals surface area (Å²) in [5.74, 6) is -1.46. The van der Waals surface area contributed by atoms with Crippen molar-refractivity contribution < 1.29 is 13.6 Å². The number of halogens is 3. The normalized spacial score (nSPS) is 12.0. The molecule has 2 rings (SSSR count). The second kappa shape index (κ2) is 7.88. The van der Waals surface area contributed by atoms with E-state index in [1.165, 1.54) is 0 Å². The van der Waals surface area contributed by atoms with Gasteiger partial charge in [0.15, 0.2) is 16.8 Å². The molecule has 0 aliphatic rings. The molecule has 0 radical (unpaired) electrons. The molecule has 1 aromatic carbocycles. The first-order chi connectivity index (χ1) is 9.51. The first-order valence-electron chi connectivity index (χ1n) is 5.82. The first kappa shape index (κ1) is 18.1. The molecular weight excluding hydrogens is 340 g/mol. The molecule has 9 heteroatoms. The van der Waals surface area contributed by atoms with E-state index in [2.05, 4.69) is 10.3 Å². The van der Waals surface area contributed by atoms with E-state index in [0.717, 1.165) is 29.2 Å². The van der Waals surface area contributed by atoms with Crippen LogP contribution in [0, 0.1) is 11.6 Å². The van der Waals surface area contributed by atoms with E-state index in [-0.39, 0.29) is 23.4 Å². The van der Waals surface area contributed by atoms with Crippen LogP contribution < -0.4 is 11.1 Å². The maximum Gasteiger partial charge on any atom is 0.243 e. The van der Waals surface area contributed by atoms with E-state index in [9.17, 15) is 13.6 Å². The number of nitrogens with zero attached hydrogens (tertiary/aromatic N) is 1. The van der Waals surface area contributed by atoms with Crippen molar-refractivity contribution in [2.24, 2.45) is 5.73 Å². The van der Waals surface area contributed by atoms with Crippen LogP contribution in [0.15, 0.2) is 12.1 Å². The summed E-state index contributed by atoms with van der Waals surface area (Å²) < 4.78 is 26.6. The van der Waals surface area contributed by atoms with Crippen LogP contribution in [0.3, 0.4) is 0 Å². The van der Waals surface area contributed by atoms with E-state index in [1.807, 2.05) is 6.26 Å². The van der Waals surface area contributed by atoms with Crippen LogP contribution in [0.2, 0.25) is 0 Å². The van der Waals surface area contributed by atoms with Crippen LogP contribution >= 0.6 is 35.5 Å². The number of fused-ring (bicyclic) bond motifs is 1. The fourth-order valence-corrected chi connectivity index (χ4v) is 2.92. The number of hydrogen-bond acceptors (Lipinski definition) is 5. The summed E-state index contributed by atoms with van der Waals surface area (Å²) in [5.41, 5.74) is 6.03. The minimum absolute atomic E-state index is 0. The molecule has 0 bridgehead atoms. The van der Waals surface area contributed by atoms with Gasteiger partial charge in [-0.1, -0.05) is 11.3 Å². The third-order valence-electron chi connectivity index (χ3n) is 2.63. The Balaban J connectivity index is 0.00000220. The largest absolute Gasteiger partial charge is 0.320 e. The van der Waals surface area contributed by atoms with Gasteiger partial charge in [-0.15, -0.1) is 12.4 Å². The van der Waals surface area contributed by atoms with Crippen LogP contribution in [-0.4, -0.2) is 28.9 Å². The minimum Gasteiger partial charge on any atom is -0.320 e. The third kappa shape index (κ3) is 4.50. The van der Waals surface area contributed by atoms with Crippen molar-refractivity contribution in [1.82, 2.24) is 4.98 Å². The van der Waals surface area contributed by atoms with E-state index in [4.69, 9.17) is 5.73 Å². The van der Waals surface area contributed by atoms with Gasteiger partial charge in [-0.2, -0.15) is 11.8 Å². The SMILES string of the molecule is CSCCC(N)C(=O)Nc1nc2cc(F)c(F)cc2s1.Cl. The Hall–Kier alpha value is -0.960. The maximum atomic E-state index is 13.1. The molecule has 0 spiro atoms. The lowest BCUT2D eigenvalue weighted by Gasteiger charge is -2.09. The van der Waals surface area contributed by atoms with Gasteiger partial charge in [-0.25, -0.2) is 13.8 Å². The van der Waals surface area contributed by atoms with Crippen molar-refractivity contribution in [2.75, 3.05) is 17.3 Å². The fourth-order valence-electron chi connectivity index (χ4n) is 1.55. The van der Waals surface area contributed by atoms with Gasteiger partial charge in [0, 0.05) is 6.07 Å². The number of thiazole rings is 1. The van der Waals surface area contributed by atoms with E-state index in [0.29, 0.717) is 16.6 Å². The molecular formula is C12H14ClF2N3OS2. The van der Waals surface area contributed by atoms with Crippen molar-refractivity contribution in [2.45, 2.75) is 12.5 Å². The van der Waals surface area contributed by atoms with Crippen molar-refractivity contribution >= 4 is 56.8 Å². The third-order valence-corrected chi connectivity index (χ3v) is 4.21. The van der Waals surface area contributed by atoms with Crippen LogP contribution in [-0.2, 0) is 4.79 Å². The second-order valence-corrected chi connectivity index (χ2v) is 6.15. The Bertz CT molecular complexity index is 599. The molecule has 0 aliphatic heterocycles. The quantitative estimate of drug-likeness (QED) is 0.867.